The summed E-state index contributed by atoms with van der Waals surface area (Å²) in [7, 11) is 8.22. The fraction of sp³-hybridized carbons (Fsp3) is 0.235. The Morgan fingerprint density at radius 1 is 0.579 bits per heavy atom. The molecule has 0 amide bonds. The standard InChI is InChI=1S/C17H21N2/c1-18(2)16-9-5-14(6-10-16)13-15-7-11-17(12-8-15)19(3)4/h5-13H,1-4H3. The first-order valence-electron chi connectivity index (χ1n) is 6.46. The van der Waals surface area contributed by atoms with Gasteiger partial charge in [0.1, 0.15) is 0 Å². The fourth-order valence-electron chi connectivity index (χ4n) is 1.93. The van der Waals surface area contributed by atoms with Crippen LogP contribution in [0.25, 0.3) is 0 Å². The summed E-state index contributed by atoms with van der Waals surface area (Å²) in [5, 5.41) is 0. The van der Waals surface area contributed by atoms with E-state index in [1.807, 2.05) is 0 Å². The topological polar surface area (TPSA) is 6.48 Å². The van der Waals surface area contributed by atoms with Crippen molar-refractivity contribution in [2.75, 3.05) is 38.0 Å². The molecule has 0 spiro atoms. The molecule has 0 aromatic heterocycles. The zero-order valence-corrected chi connectivity index (χ0v) is 12.1. The average Bonchev–Trinajstić information content (AvgIpc) is 2.40. The van der Waals surface area contributed by atoms with Crippen LogP contribution in [0.15, 0.2) is 48.5 Å². The van der Waals surface area contributed by atoms with Gasteiger partial charge >= 0.3 is 0 Å². The lowest BCUT2D eigenvalue weighted by atomic mass is 10.0. The Bertz CT molecular complexity index is 460. The van der Waals surface area contributed by atoms with E-state index in [2.05, 4.69) is 92.9 Å². The van der Waals surface area contributed by atoms with Crippen LogP contribution >= 0.6 is 0 Å². The SMILES string of the molecule is CN(C)c1ccc([CH]c2ccc(N(C)C)cc2)cc1. The van der Waals surface area contributed by atoms with E-state index >= 15 is 0 Å². The zero-order valence-electron chi connectivity index (χ0n) is 12.1. The van der Waals surface area contributed by atoms with Gasteiger partial charge in [0, 0.05) is 46.0 Å². The van der Waals surface area contributed by atoms with Crippen LogP contribution < -0.4 is 9.80 Å². The molecule has 0 N–H and O–H groups in total. The lowest BCUT2D eigenvalue weighted by Crippen LogP contribution is -2.08. The quantitative estimate of drug-likeness (QED) is 0.824. The maximum Gasteiger partial charge on any atom is 0.0361 e. The average molecular weight is 253 g/mol. The van der Waals surface area contributed by atoms with E-state index in [1.165, 1.54) is 22.5 Å². The molecule has 2 aromatic carbocycles. The molecule has 2 aromatic rings. The first kappa shape index (κ1) is 13.5. The molecule has 2 nitrogen and oxygen atoms in total. The van der Waals surface area contributed by atoms with Crippen LogP contribution in [0.1, 0.15) is 11.1 Å². The minimum atomic E-state index is 1.22. The van der Waals surface area contributed by atoms with Gasteiger partial charge in [-0.05, 0) is 35.4 Å². The second-order valence-electron chi connectivity index (χ2n) is 5.12. The Morgan fingerprint density at radius 3 is 1.16 bits per heavy atom. The van der Waals surface area contributed by atoms with Crippen molar-refractivity contribution >= 4 is 11.4 Å². The summed E-state index contributed by atoms with van der Waals surface area (Å²) < 4.78 is 0. The van der Waals surface area contributed by atoms with Crippen LogP contribution in [0, 0.1) is 6.42 Å². The number of hydrogen-bond acceptors (Lipinski definition) is 2. The van der Waals surface area contributed by atoms with Gasteiger partial charge in [-0.2, -0.15) is 0 Å². The van der Waals surface area contributed by atoms with E-state index in [0.29, 0.717) is 0 Å². The first-order valence-corrected chi connectivity index (χ1v) is 6.46. The lowest BCUT2D eigenvalue weighted by Gasteiger charge is -2.14. The smallest absolute Gasteiger partial charge is 0.0361 e. The summed E-state index contributed by atoms with van der Waals surface area (Å²) in [5.74, 6) is 0. The van der Waals surface area contributed by atoms with Crippen molar-refractivity contribution in [3.8, 4) is 0 Å². The molecule has 19 heavy (non-hydrogen) atoms. The van der Waals surface area contributed by atoms with Crippen molar-refractivity contribution in [1.82, 2.24) is 0 Å². The van der Waals surface area contributed by atoms with Crippen LogP contribution in [0.5, 0.6) is 0 Å². The first-order chi connectivity index (χ1) is 9.06. The Labute approximate surface area is 116 Å². The van der Waals surface area contributed by atoms with Gasteiger partial charge in [-0.3, -0.25) is 0 Å². The van der Waals surface area contributed by atoms with Gasteiger partial charge in [-0.25, -0.2) is 0 Å². The van der Waals surface area contributed by atoms with Crippen molar-refractivity contribution in [2.45, 2.75) is 0 Å². The molecule has 1 radical (unpaired) electrons. The van der Waals surface area contributed by atoms with Crippen LogP contribution in [0.2, 0.25) is 0 Å². The summed E-state index contributed by atoms with van der Waals surface area (Å²) in [5.41, 5.74) is 4.90. The van der Waals surface area contributed by atoms with E-state index in [9.17, 15) is 0 Å². The summed E-state index contributed by atoms with van der Waals surface area (Å²) in [6, 6.07) is 17.1. The third-order valence-corrected chi connectivity index (χ3v) is 3.15. The molecule has 0 atom stereocenters. The summed E-state index contributed by atoms with van der Waals surface area (Å²) in [4.78, 5) is 4.21. The van der Waals surface area contributed by atoms with Crippen LogP contribution in [0.4, 0.5) is 11.4 Å². The second-order valence-corrected chi connectivity index (χ2v) is 5.12. The summed E-state index contributed by atoms with van der Waals surface area (Å²) in [6.07, 6.45) is 2.19. The third kappa shape index (κ3) is 3.50. The molecular weight excluding hydrogens is 232 g/mol. The minimum absolute atomic E-state index is 1.22. The Morgan fingerprint density at radius 2 is 0.895 bits per heavy atom. The Hall–Kier alpha value is -1.96. The van der Waals surface area contributed by atoms with E-state index in [4.69, 9.17) is 0 Å². The molecule has 0 fully saturated rings. The number of anilines is 2. The highest BCUT2D eigenvalue weighted by molar-refractivity contribution is 5.51. The maximum atomic E-state index is 2.19. The van der Waals surface area contributed by atoms with E-state index in [0.717, 1.165) is 0 Å². The molecule has 99 valence electrons. The molecule has 0 saturated heterocycles. The normalized spacial score (nSPS) is 10.3. The van der Waals surface area contributed by atoms with Gasteiger partial charge in [-0.15, -0.1) is 0 Å². The molecule has 0 aliphatic rings. The largest absolute Gasteiger partial charge is 0.378 e. The summed E-state index contributed by atoms with van der Waals surface area (Å²) in [6.45, 7) is 0. The molecule has 2 heteroatoms. The van der Waals surface area contributed by atoms with Crippen LogP contribution in [0.3, 0.4) is 0 Å². The summed E-state index contributed by atoms with van der Waals surface area (Å²) >= 11 is 0. The molecule has 0 saturated carbocycles. The van der Waals surface area contributed by atoms with Gasteiger partial charge in [0.25, 0.3) is 0 Å². The van der Waals surface area contributed by atoms with Crippen molar-refractivity contribution in [3.63, 3.8) is 0 Å². The van der Waals surface area contributed by atoms with Crippen molar-refractivity contribution in [1.29, 1.82) is 0 Å². The van der Waals surface area contributed by atoms with Gasteiger partial charge in [0.05, 0.1) is 0 Å². The van der Waals surface area contributed by atoms with Crippen molar-refractivity contribution in [3.05, 3.63) is 66.1 Å². The molecule has 0 heterocycles. The van der Waals surface area contributed by atoms with Crippen molar-refractivity contribution < 1.29 is 0 Å². The van der Waals surface area contributed by atoms with Crippen molar-refractivity contribution in [2.24, 2.45) is 0 Å². The van der Waals surface area contributed by atoms with Gasteiger partial charge in [-0.1, -0.05) is 24.3 Å². The molecule has 0 aliphatic heterocycles. The van der Waals surface area contributed by atoms with Gasteiger partial charge in [0.2, 0.25) is 0 Å². The Balaban J connectivity index is 2.08. The highest BCUT2D eigenvalue weighted by Gasteiger charge is 2.00. The number of rotatable bonds is 4. The zero-order chi connectivity index (χ0) is 13.8. The molecule has 2 rings (SSSR count). The van der Waals surface area contributed by atoms with Gasteiger partial charge < -0.3 is 9.80 Å². The Kier molecular flexibility index (Phi) is 4.10. The molecular formula is C17H21N2. The molecule has 0 unspecified atom stereocenters. The number of benzene rings is 2. The number of hydrogen-bond donors (Lipinski definition) is 0. The second kappa shape index (κ2) is 5.79. The van der Waals surface area contributed by atoms with E-state index < -0.39 is 0 Å². The third-order valence-electron chi connectivity index (χ3n) is 3.15. The highest BCUT2D eigenvalue weighted by Crippen LogP contribution is 2.19. The molecule has 0 aliphatic carbocycles. The maximum absolute atomic E-state index is 2.19. The van der Waals surface area contributed by atoms with Gasteiger partial charge in [0.15, 0.2) is 0 Å². The fourth-order valence-corrected chi connectivity index (χ4v) is 1.93. The van der Waals surface area contributed by atoms with Crippen LogP contribution in [-0.2, 0) is 0 Å². The predicted octanol–water partition coefficient (Wildman–Crippen LogP) is 3.42. The number of nitrogens with zero attached hydrogens (tertiary/aromatic N) is 2. The molecule has 0 bridgehead atoms. The highest BCUT2D eigenvalue weighted by atomic mass is 15.1. The van der Waals surface area contributed by atoms with E-state index in [1.54, 1.807) is 0 Å². The van der Waals surface area contributed by atoms with Crippen LogP contribution in [-0.4, -0.2) is 28.2 Å². The van der Waals surface area contributed by atoms with E-state index in [-0.39, 0.29) is 0 Å². The minimum Gasteiger partial charge on any atom is -0.378 e. The monoisotopic (exact) mass is 253 g/mol. The predicted molar refractivity (Wildman–Crippen MR) is 84.0 cm³/mol. The lowest BCUT2D eigenvalue weighted by molar-refractivity contribution is 1.13.